The quantitative estimate of drug-likeness (QED) is 0.350. The third kappa shape index (κ3) is 5.67. The summed E-state index contributed by atoms with van der Waals surface area (Å²) in [7, 11) is 0. The summed E-state index contributed by atoms with van der Waals surface area (Å²) >= 11 is 5.75. The average molecular weight is 375 g/mol. The molecule has 0 saturated heterocycles. The summed E-state index contributed by atoms with van der Waals surface area (Å²) in [5, 5.41) is 17.7. The standard InChI is InChI=1S/C17H15ClN4O4/c1-11-2-3-12(8-15(11)22(25)26)10-19-21-17(24)9-16(23)20-14-6-4-13(18)5-7-14/h2-8,10H,9H2,1H3,(H,20,23)(H,21,24). The Morgan fingerprint density at radius 3 is 2.54 bits per heavy atom. The van der Waals surface area contributed by atoms with Gasteiger partial charge in [-0.2, -0.15) is 5.10 Å². The molecule has 8 nitrogen and oxygen atoms in total. The van der Waals surface area contributed by atoms with Crippen molar-refractivity contribution in [3.05, 3.63) is 68.7 Å². The summed E-state index contributed by atoms with van der Waals surface area (Å²) in [5.41, 5.74) is 3.65. The first-order chi connectivity index (χ1) is 12.3. The van der Waals surface area contributed by atoms with Gasteiger partial charge in [0.15, 0.2) is 0 Å². The minimum absolute atomic E-state index is 0.0392. The molecule has 134 valence electrons. The molecular formula is C17H15ClN4O4. The lowest BCUT2D eigenvalue weighted by Crippen LogP contribution is -2.24. The highest BCUT2D eigenvalue weighted by molar-refractivity contribution is 6.30. The molecule has 2 aromatic rings. The van der Waals surface area contributed by atoms with E-state index in [0.717, 1.165) is 0 Å². The van der Waals surface area contributed by atoms with E-state index in [1.54, 1.807) is 43.3 Å². The van der Waals surface area contributed by atoms with Gasteiger partial charge in [0.05, 0.1) is 11.1 Å². The summed E-state index contributed by atoms with van der Waals surface area (Å²) in [5.74, 6) is -1.12. The predicted molar refractivity (Wildman–Crippen MR) is 98.3 cm³/mol. The van der Waals surface area contributed by atoms with Crippen LogP contribution in [0, 0.1) is 17.0 Å². The van der Waals surface area contributed by atoms with Crippen LogP contribution < -0.4 is 10.7 Å². The Hall–Kier alpha value is -3.26. The second kappa shape index (κ2) is 8.72. The van der Waals surface area contributed by atoms with Gasteiger partial charge in [-0.05, 0) is 31.2 Å². The fourth-order valence-corrected chi connectivity index (χ4v) is 2.13. The molecule has 0 atom stereocenters. The smallest absolute Gasteiger partial charge is 0.272 e. The summed E-state index contributed by atoms with van der Waals surface area (Å²) < 4.78 is 0. The van der Waals surface area contributed by atoms with E-state index >= 15 is 0 Å². The van der Waals surface area contributed by atoms with Crippen LogP contribution in [0.25, 0.3) is 0 Å². The Balaban J connectivity index is 1.87. The molecule has 2 aromatic carbocycles. The maximum Gasteiger partial charge on any atom is 0.272 e. The third-order valence-corrected chi connectivity index (χ3v) is 3.53. The Bertz CT molecular complexity index is 866. The van der Waals surface area contributed by atoms with E-state index < -0.39 is 23.2 Å². The number of hydrogen-bond acceptors (Lipinski definition) is 5. The molecule has 0 spiro atoms. The number of aryl methyl sites for hydroxylation is 1. The van der Waals surface area contributed by atoms with Gasteiger partial charge in [-0.3, -0.25) is 19.7 Å². The number of nitro benzene ring substituents is 1. The molecule has 0 radical (unpaired) electrons. The van der Waals surface area contributed by atoms with Crippen LogP contribution in [0.4, 0.5) is 11.4 Å². The zero-order valence-corrected chi connectivity index (χ0v) is 14.5. The Morgan fingerprint density at radius 1 is 1.19 bits per heavy atom. The maximum absolute atomic E-state index is 11.8. The summed E-state index contributed by atoms with van der Waals surface area (Å²) in [6.07, 6.45) is 0.843. The van der Waals surface area contributed by atoms with Crippen molar-refractivity contribution in [2.45, 2.75) is 13.3 Å². The molecular weight excluding hydrogens is 360 g/mol. The third-order valence-electron chi connectivity index (χ3n) is 3.28. The van der Waals surface area contributed by atoms with Crippen molar-refractivity contribution in [2.24, 2.45) is 5.10 Å². The number of nitrogens with zero attached hydrogens (tertiary/aromatic N) is 2. The number of carbonyl (C=O) groups is 2. The fraction of sp³-hybridized carbons (Fsp3) is 0.118. The molecule has 0 aromatic heterocycles. The van der Waals surface area contributed by atoms with Gasteiger partial charge in [0.1, 0.15) is 6.42 Å². The van der Waals surface area contributed by atoms with Crippen LogP contribution in [-0.4, -0.2) is 23.0 Å². The van der Waals surface area contributed by atoms with Crippen molar-refractivity contribution in [2.75, 3.05) is 5.32 Å². The van der Waals surface area contributed by atoms with Crippen LogP contribution in [0.5, 0.6) is 0 Å². The van der Waals surface area contributed by atoms with Crippen molar-refractivity contribution >= 4 is 41.0 Å². The monoisotopic (exact) mass is 374 g/mol. The largest absolute Gasteiger partial charge is 0.326 e. The van der Waals surface area contributed by atoms with Crippen molar-refractivity contribution in [3.63, 3.8) is 0 Å². The lowest BCUT2D eigenvalue weighted by atomic mass is 10.1. The number of benzene rings is 2. The van der Waals surface area contributed by atoms with E-state index in [9.17, 15) is 19.7 Å². The van der Waals surface area contributed by atoms with Crippen LogP contribution in [0.15, 0.2) is 47.6 Å². The molecule has 0 aliphatic rings. The molecule has 0 heterocycles. The first kappa shape index (κ1) is 19.1. The molecule has 0 bridgehead atoms. The van der Waals surface area contributed by atoms with Gasteiger partial charge in [-0.1, -0.05) is 23.7 Å². The minimum atomic E-state index is -0.616. The minimum Gasteiger partial charge on any atom is -0.326 e. The molecule has 0 aliphatic carbocycles. The van der Waals surface area contributed by atoms with E-state index in [4.69, 9.17) is 11.6 Å². The molecule has 0 saturated carbocycles. The van der Waals surface area contributed by atoms with Crippen molar-refractivity contribution in [1.82, 2.24) is 5.43 Å². The number of nitro groups is 1. The fourth-order valence-electron chi connectivity index (χ4n) is 2.01. The summed E-state index contributed by atoms with van der Waals surface area (Å²) in [6.45, 7) is 1.63. The molecule has 9 heteroatoms. The predicted octanol–water partition coefficient (Wildman–Crippen LogP) is 3.04. The summed E-state index contributed by atoms with van der Waals surface area (Å²) in [4.78, 5) is 33.9. The van der Waals surface area contributed by atoms with Crippen LogP contribution in [0.1, 0.15) is 17.5 Å². The van der Waals surface area contributed by atoms with E-state index in [0.29, 0.717) is 21.8 Å². The molecule has 0 unspecified atom stereocenters. The Morgan fingerprint density at radius 2 is 1.88 bits per heavy atom. The lowest BCUT2D eigenvalue weighted by Gasteiger charge is -2.04. The second-order valence-electron chi connectivity index (χ2n) is 5.33. The highest BCUT2D eigenvalue weighted by atomic mass is 35.5. The van der Waals surface area contributed by atoms with Crippen molar-refractivity contribution < 1.29 is 14.5 Å². The van der Waals surface area contributed by atoms with Crippen molar-refractivity contribution in [3.8, 4) is 0 Å². The highest BCUT2D eigenvalue weighted by Gasteiger charge is 2.11. The number of halogens is 1. The molecule has 2 rings (SSSR count). The van der Waals surface area contributed by atoms with Gasteiger partial charge in [0.25, 0.3) is 5.69 Å². The van der Waals surface area contributed by atoms with Gasteiger partial charge in [-0.25, -0.2) is 5.43 Å². The normalized spacial score (nSPS) is 10.5. The Kier molecular flexibility index (Phi) is 6.40. The number of nitrogens with one attached hydrogen (secondary N) is 2. The number of hydrazone groups is 1. The second-order valence-corrected chi connectivity index (χ2v) is 5.76. The zero-order chi connectivity index (χ0) is 19.1. The number of anilines is 1. The van der Waals surface area contributed by atoms with E-state index in [2.05, 4.69) is 15.8 Å². The van der Waals surface area contributed by atoms with Gasteiger partial charge in [-0.15, -0.1) is 0 Å². The molecule has 26 heavy (non-hydrogen) atoms. The first-order valence-corrected chi connectivity index (χ1v) is 7.85. The Labute approximate surface area is 154 Å². The van der Waals surface area contributed by atoms with Crippen LogP contribution in [0.2, 0.25) is 5.02 Å². The van der Waals surface area contributed by atoms with Crippen LogP contribution in [-0.2, 0) is 9.59 Å². The number of rotatable bonds is 6. The SMILES string of the molecule is Cc1ccc(C=NNC(=O)CC(=O)Nc2ccc(Cl)cc2)cc1[N+](=O)[O-]. The molecule has 0 fully saturated rings. The van der Waals surface area contributed by atoms with Gasteiger partial charge >= 0.3 is 0 Å². The van der Waals surface area contributed by atoms with E-state index in [-0.39, 0.29) is 5.69 Å². The topological polar surface area (TPSA) is 114 Å². The van der Waals surface area contributed by atoms with Crippen LogP contribution >= 0.6 is 11.6 Å². The maximum atomic E-state index is 11.8. The molecule has 0 aliphatic heterocycles. The average Bonchev–Trinajstić information content (AvgIpc) is 2.58. The van der Waals surface area contributed by atoms with Crippen molar-refractivity contribution in [1.29, 1.82) is 0 Å². The first-order valence-electron chi connectivity index (χ1n) is 7.47. The van der Waals surface area contributed by atoms with Crippen LogP contribution in [0.3, 0.4) is 0 Å². The molecule has 2 amide bonds. The van der Waals surface area contributed by atoms with E-state index in [1.165, 1.54) is 12.3 Å². The molecule has 2 N–H and O–H groups in total. The summed E-state index contributed by atoms with van der Waals surface area (Å²) in [6, 6.07) is 11.0. The van der Waals surface area contributed by atoms with Gasteiger partial charge in [0, 0.05) is 27.9 Å². The van der Waals surface area contributed by atoms with Gasteiger partial charge in [0.2, 0.25) is 11.8 Å². The number of carbonyl (C=O) groups excluding carboxylic acids is 2. The van der Waals surface area contributed by atoms with Gasteiger partial charge < -0.3 is 5.32 Å². The zero-order valence-electron chi connectivity index (χ0n) is 13.7. The van der Waals surface area contributed by atoms with E-state index in [1.807, 2.05) is 0 Å². The number of amides is 2. The number of hydrogen-bond donors (Lipinski definition) is 2. The highest BCUT2D eigenvalue weighted by Crippen LogP contribution is 2.18. The lowest BCUT2D eigenvalue weighted by molar-refractivity contribution is -0.385.